The van der Waals surface area contributed by atoms with Crippen LogP contribution in [-0.2, 0) is 0 Å². The van der Waals surface area contributed by atoms with Crippen molar-refractivity contribution < 1.29 is 14.5 Å². The number of hydrogen-bond donors (Lipinski definition) is 2. The Labute approximate surface area is 148 Å². The second-order valence-electron chi connectivity index (χ2n) is 5.55. The zero-order valence-electron chi connectivity index (χ0n) is 14.1. The van der Waals surface area contributed by atoms with Gasteiger partial charge in [0, 0.05) is 11.5 Å². The third-order valence-electron chi connectivity index (χ3n) is 3.99. The number of non-ortho nitro benzene ring substituents is 1. The van der Waals surface area contributed by atoms with Crippen molar-refractivity contribution in [2.24, 2.45) is 5.10 Å². The Morgan fingerprint density at radius 3 is 2.65 bits per heavy atom. The van der Waals surface area contributed by atoms with E-state index in [1.54, 1.807) is 50.4 Å². The number of nitrogens with zero attached hydrogens (tertiary/aromatic N) is 2. The number of rotatable bonds is 5. The highest BCUT2D eigenvalue weighted by Crippen LogP contribution is 2.29. The van der Waals surface area contributed by atoms with Crippen molar-refractivity contribution in [1.82, 2.24) is 10.4 Å². The largest absolute Gasteiger partial charge is 0.497 e. The number of ether oxygens (including phenoxy) is 1. The number of aromatic amines is 1. The van der Waals surface area contributed by atoms with Gasteiger partial charge in [0.1, 0.15) is 17.0 Å². The summed E-state index contributed by atoms with van der Waals surface area (Å²) < 4.78 is 5.07. The van der Waals surface area contributed by atoms with Crippen LogP contribution in [0.2, 0.25) is 0 Å². The molecule has 0 unspecified atom stereocenters. The first-order valence-corrected chi connectivity index (χ1v) is 7.74. The standard InChI is InChI=1S/C18H16N4O4/c1-11-14-4-3-5-15(22(24)25)17(14)20-16(11)18(23)21-19-10-12-6-8-13(26-2)9-7-12/h3-10,20H,1-2H3,(H,21,23)/b19-10+. The highest BCUT2D eigenvalue weighted by molar-refractivity contribution is 6.03. The van der Waals surface area contributed by atoms with Crippen LogP contribution in [0.4, 0.5) is 5.69 Å². The number of H-pyrrole nitrogens is 1. The average Bonchev–Trinajstić information content (AvgIpc) is 2.99. The SMILES string of the molecule is COc1ccc(/C=N/NC(=O)c2[nH]c3c([N+](=O)[O-])cccc3c2C)cc1. The zero-order valence-corrected chi connectivity index (χ0v) is 14.1. The summed E-state index contributed by atoms with van der Waals surface area (Å²) in [6, 6.07) is 11.9. The summed E-state index contributed by atoms with van der Waals surface area (Å²) in [6.45, 7) is 1.73. The minimum atomic E-state index is -0.484. The number of aryl methyl sites for hydroxylation is 1. The summed E-state index contributed by atoms with van der Waals surface area (Å²) in [6.07, 6.45) is 1.50. The van der Waals surface area contributed by atoms with E-state index in [1.165, 1.54) is 12.3 Å². The molecular weight excluding hydrogens is 336 g/mol. The predicted molar refractivity (Wildman–Crippen MR) is 97.7 cm³/mol. The predicted octanol–water partition coefficient (Wildman–Crippen LogP) is 3.16. The van der Waals surface area contributed by atoms with Crippen LogP contribution in [0.25, 0.3) is 10.9 Å². The van der Waals surface area contributed by atoms with Crippen molar-refractivity contribution in [3.63, 3.8) is 0 Å². The quantitative estimate of drug-likeness (QED) is 0.417. The maximum absolute atomic E-state index is 12.4. The lowest BCUT2D eigenvalue weighted by molar-refractivity contribution is -0.383. The van der Waals surface area contributed by atoms with Gasteiger partial charge in [0.2, 0.25) is 0 Å². The van der Waals surface area contributed by atoms with Gasteiger partial charge in [0.25, 0.3) is 11.6 Å². The molecule has 26 heavy (non-hydrogen) atoms. The van der Waals surface area contributed by atoms with E-state index in [0.29, 0.717) is 16.5 Å². The number of nitrogens with one attached hydrogen (secondary N) is 2. The third-order valence-corrected chi connectivity index (χ3v) is 3.99. The molecule has 0 aliphatic heterocycles. The first kappa shape index (κ1) is 17.2. The first-order chi connectivity index (χ1) is 12.5. The van der Waals surface area contributed by atoms with Crippen molar-refractivity contribution in [2.75, 3.05) is 7.11 Å². The first-order valence-electron chi connectivity index (χ1n) is 7.74. The molecule has 1 heterocycles. The molecule has 2 N–H and O–H groups in total. The number of hydrazone groups is 1. The van der Waals surface area contributed by atoms with Gasteiger partial charge in [-0.05, 0) is 42.3 Å². The number of para-hydroxylation sites is 1. The molecule has 0 bridgehead atoms. The lowest BCUT2D eigenvalue weighted by Crippen LogP contribution is -2.18. The van der Waals surface area contributed by atoms with Crippen LogP contribution in [0.1, 0.15) is 21.6 Å². The Bertz CT molecular complexity index is 1010. The molecule has 1 aromatic heterocycles. The minimum absolute atomic E-state index is 0.0774. The normalized spacial score (nSPS) is 11.0. The summed E-state index contributed by atoms with van der Waals surface area (Å²) in [5.74, 6) is 0.249. The van der Waals surface area contributed by atoms with Crippen LogP contribution >= 0.6 is 0 Å². The van der Waals surface area contributed by atoms with Crippen LogP contribution in [0.15, 0.2) is 47.6 Å². The van der Waals surface area contributed by atoms with E-state index < -0.39 is 10.8 Å². The van der Waals surface area contributed by atoms with Crippen LogP contribution in [0, 0.1) is 17.0 Å². The zero-order chi connectivity index (χ0) is 18.7. The van der Waals surface area contributed by atoms with Gasteiger partial charge in [0.15, 0.2) is 0 Å². The molecule has 3 aromatic rings. The molecule has 8 nitrogen and oxygen atoms in total. The smallest absolute Gasteiger partial charge is 0.293 e. The molecular formula is C18H16N4O4. The maximum Gasteiger partial charge on any atom is 0.293 e. The fourth-order valence-electron chi connectivity index (χ4n) is 2.63. The van der Waals surface area contributed by atoms with Gasteiger partial charge >= 0.3 is 0 Å². The number of nitro groups is 1. The van der Waals surface area contributed by atoms with Crippen LogP contribution in [0.5, 0.6) is 5.75 Å². The van der Waals surface area contributed by atoms with Crippen LogP contribution in [0.3, 0.4) is 0 Å². The Hall–Kier alpha value is -3.68. The van der Waals surface area contributed by atoms with E-state index in [-0.39, 0.29) is 11.4 Å². The van der Waals surface area contributed by atoms with Crippen molar-refractivity contribution in [2.45, 2.75) is 6.92 Å². The molecule has 0 spiro atoms. The van der Waals surface area contributed by atoms with Crippen molar-refractivity contribution in [3.8, 4) is 5.75 Å². The van der Waals surface area contributed by atoms with E-state index >= 15 is 0 Å². The number of benzene rings is 2. The molecule has 0 saturated heterocycles. The Balaban J connectivity index is 1.81. The van der Waals surface area contributed by atoms with Gasteiger partial charge in [-0.15, -0.1) is 0 Å². The number of nitro benzene ring substituents is 1. The van der Waals surface area contributed by atoms with E-state index in [4.69, 9.17) is 4.74 Å². The maximum atomic E-state index is 12.4. The molecule has 3 rings (SSSR count). The van der Waals surface area contributed by atoms with Gasteiger partial charge in [-0.2, -0.15) is 5.10 Å². The lowest BCUT2D eigenvalue weighted by atomic mass is 10.1. The van der Waals surface area contributed by atoms with Crippen molar-refractivity contribution in [1.29, 1.82) is 0 Å². The highest BCUT2D eigenvalue weighted by atomic mass is 16.6. The van der Waals surface area contributed by atoms with Crippen LogP contribution < -0.4 is 10.2 Å². The molecule has 8 heteroatoms. The van der Waals surface area contributed by atoms with Gasteiger partial charge in [-0.1, -0.05) is 12.1 Å². The monoisotopic (exact) mass is 352 g/mol. The number of fused-ring (bicyclic) bond motifs is 1. The average molecular weight is 352 g/mol. The summed E-state index contributed by atoms with van der Waals surface area (Å²) in [4.78, 5) is 25.8. The van der Waals surface area contributed by atoms with Gasteiger partial charge < -0.3 is 9.72 Å². The van der Waals surface area contributed by atoms with Crippen molar-refractivity contribution >= 4 is 28.7 Å². The number of methoxy groups -OCH3 is 1. The fourth-order valence-corrected chi connectivity index (χ4v) is 2.63. The third kappa shape index (κ3) is 3.25. The number of hydrogen-bond acceptors (Lipinski definition) is 5. The number of carbonyl (C=O) groups is 1. The highest BCUT2D eigenvalue weighted by Gasteiger charge is 2.20. The van der Waals surface area contributed by atoms with Crippen molar-refractivity contribution in [3.05, 3.63) is 69.4 Å². The fraction of sp³-hybridized carbons (Fsp3) is 0.111. The summed E-state index contributed by atoms with van der Waals surface area (Å²) >= 11 is 0. The molecule has 0 fully saturated rings. The second kappa shape index (κ2) is 7.06. The van der Waals surface area contributed by atoms with E-state index in [1.807, 2.05) is 0 Å². The summed E-state index contributed by atoms with van der Waals surface area (Å²) in [7, 11) is 1.58. The molecule has 1 amide bonds. The Morgan fingerprint density at radius 2 is 2.00 bits per heavy atom. The Kier molecular flexibility index (Phi) is 4.66. The molecule has 0 saturated carbocycles. The van der Waals surface area contributed by atoms with Crippen LogP contribution in [-0.4, -0.2) is 29.1 Å². The number of amides is 1. The van der Waals surface area contributed by atoms with E-state index in [0.717, 1.165) is 11.3 Å². The number of aromatic nitrogens is 1. The molecule has 0 radical (unpaired) electrons. The summed E-state index contributed by atoms with van der Waals surface area (Å²) in [5, 5.41) is 15.7. The summed E-state index contributed by atoms with van der Waals surface area (Å²) in [5.41, 5.74) is 4.32. The van der Waals surface area contributed by atoms with Gasteiger partial charge in [0.05, 0.1) is 18.2 Å². The Morgan fingerprint density at radius 1 is 1.27 bits per heavy atom. The van der Waals surface area contributed by atoms with E-state index in [9.17, 15) is 14.9 Å². The second-order valence-corrected chi connectivity index (χ2v) is 5.55. The molecule has 0 aliphatic rings. The molecule has 132 valence electrons. The minimum Gasteiger partial charge on any atom is -0.497 e. The topological polar surface area (TPSA) is 110 Å². The number of carbonyl (C=O) groups excluding carboxylic acids is 1. The molecule has 0 aliphatic carbocycles. The van der Waals surface area contributed by atoms with E-state index in [2.05, 4.69) is 15.5 Å². The van der Waals surface area contributed by atoms with Gasteiger partial charge in [-0.25, -0.2) is 5.43 Å². The molecule has 0 atom stereocenters. The molecule has 2 aromatic carbocycles. The lowest BCUT2D eigenvalue weighted by Gasteiger charge is -2.00. The van der Waals surface area contributed by atoms with Gasteiger partial charge in [-0.3, -0.25) is 14.9 Å².